The zero-order chi connectivity index (χ0) is 41.1. The fourth-order valence-corrected chi connectivity index (χ4v) is 9.53. The van der Waals surface area contributed by atoms with E-state index in [0.717, 1.165) is 70.5 Å². The van der Waals surface area contributed by atoms with Gasteiger partial charge in [0.2, 0.25) is 0 Å². The number of para-hydroxylation sites is 4. The highest BCUT2D eigenvalue weighted by atomic mass is 32.1. The predicted octanol–water partition coefficient (Wildman–Crippen LogP) is 15.1. The number of nitrogens with zero attached hydrogens (tertiary/aromatic N) is 4. The van der Waals surface area contributed by atoms with Crippen molar-refractivity contribution in [1.29, 1.82) is 0 Å². The molecule has 0 atom stereocenters. The molecule has 10 aromatic rings. The van der Waals surface area contributed by atoms with Gasteiger partial charge >= 0.3 is 5.97 Å². The van der Waals surface area contributed by atoms with E-state index in [2.05, 4.69) is 180 Å². The normalized spacial score (nSPS) is 11.1. The minimum atomic E-state index is -1.00. The monoisotopic (exact) mass is 824 g/mol. The van der Waals surface area contributed by atoms with Gasteiger partial charge < -0.3 is 14.9 Å². The van der Waals surface area contributed by atoms with Crippen LogP contribution in [0.2, 0.25) is 0 Å². The molecular weight excluding hydrogens is 789 g/mol. The first kappa shape index (κ1) is 37.6. The summed E-state index contributed by atoms with van der Waals surface area (Å²) in [4.78, 5) is 30.9. The summed E-state index contributed by atoms with van der Waals surface area (Å²) in [5, 5.41) is 9.80. The Balaban J connectivity index is 0.991. The van der Waals surface area contributed by atoms with E-state index in [1.807, 2.05) is 24.3 Å². The van der Waals surface area contributed by atoms with Crippen LogP contribution >= 0.6 is 22.7 Å². The van der Waals surface area contributed by atoms with E-state index in [-0.39, 0.29) is 5.56 Å². The second-order valence-electron chi connectivity index (χ2n) is 14.4. The van der Waals surface area contributed by atoms with Crippen molar-refractivity contribution in [3.63, 3.8) is 0 Å². The lowest BCUT2D eigenvalue weighted by Crippen LogP contribution is -2.09. The Labute approximate surface area is 361 Å². The van der Waals surface area contributed by atoms with Crippen molar-refractivity contribution in [2.75, 3.05) is 9.80 Å². The zero-order valence-electron chi connectivity index (χ0n) is 32.7. The largest absolute Gasteiger partial charge is 0.478 e. The van der Waals surface area contributed by atoms with Crippen molar-refractivity contribution in [1.82, 2.24) is 9.97 Å². The fraction of sp³-hybridized carbons (Fsp3) is 0. The lowest BCUT2D eigenvalue weighted by atomic mass is 10.1. The molecule has 3 heterocycles. The number of carbonyl (C=O) groups is 1. The first-order chi connectivity index (χ1) is 30.1. The molecule has 0 aliphatic rings. The molecule has 292 valence electrons. The summed E-state index contributed by atoms with van der Waals surface area (Å²) in [6.45, 7) is 0. The molecule has 0 unspecified atom stereocenters. The number of benzene rings is 7. The number of hydrogen-bond donors (Lipinski definition) is 1. The first-order valence-electron chi connectivity index (χ1n) is 19.8. The molecule has 0 radical (unpaired) electrons. The van der Waals surface area contributed by atoms with Crippen LogP contribution in [0.15, 0.2) is 212 Å². The highest BCUT2D eigenvalue weighted by Crippen LogP contribution is 2.44. The highest BCUT2D eigenvalue weighted by Gasteiger charge is 2.20. The van der Waals surface area contributed by atoms with Crippen LogP contribution < -0.4 is 9.80 Å². The molecule has 0 fully saturated rings. The minimum Gasteiger partial charge on any atom is -0.478 e. The predicted molar refractivity (Wildman–Crippen MR) is 253 cm³/mol. The van der Waals surface area contributed by atoms with Crippen LogP contribution in [0.3, 0.4) is 0 Å². The molecule has 6 nitrogen and oxygen atoms in total. The summed E-state index contributed by atoms with van der Waals surface area (Å²) in [5.74, 6) is -1.00. The van der Waals surface area contributed by atoms with Crippen molar-refractivity contribution >= 4 is 73.8 Å². The number of aromatic carboxylic acids is 1. The molecule has 0 aliphatic carbocycles. The molecule has 3 aromatic heterocycles. The van der Waals surface area contributed by atoms with Crippen LogP contribution in [0, 0.1) is 0 Å². The number of carboxylic acid groups (broad SMARTS) is 1. The van der Waals surface area contributed by atoms with Crippen LogP contribution in [-0.2, 0) is 0 Å². The van der Waals surface area contributed by atoms with E-state index >= 15 is 0 Å². The molecule has 61 heavy (non-hydrogen) atoms. The Morgan fingerprint density at radius 2 is 0.721 bits per heavy atom. The third-order valence-corrected chi connectivity index (χ3v) is 12.7. The number of fused-ring (bicyclic) bond motifs is 1. The Hall–Kier alpha value is -7.65. The summed E-state index contributed by atoms with van der Waals surface area (Å²) in [6, 6.07) is 72.2. The second kappa shape index (κ2) is 16.5. The molecule has 10 rings (SSSR count). The van der Waals surface area contributed by atoms with Gasteiger partial charge in [-0.05, 0) is 126 Å². The number of carboxylic acids is 1. The molecule has 0 saturated carbocycles. The van der Waals surface area contributed by atoms with E-state index in [1.165, 1.54) is 0 Å². The maximum atomic E-state index is 12.0. The maximum absolute atomic E-state index is 12.0. The third kappa shape index (κ3) is 7.69. The molecule has 1 N–H and O–H groups in total. The van der Waals surface area contributed by atoms with Gasteiger partial charge in [0.25, 0.3) is 0 Å². The summed E-state index contributed by atoms with van der Waals surface area (Å²) >= 11 is 3.31. The van der Waals surface area contributed by atoms with Gasteiger partial charge in [0.15, 0.2) is 0 Å². The molecular formula is C53H36N4O2S2. The Morgan fingerprint density at radius 1 is 0.377 bits per heavy atom. The Kier molecular flexibility index (Phi) is 10.2. The Bertz CT molecular complexity index is 3020. The van der Waals surface area contributed by atoms with Crippen molar-refractivity contribution in [3.8, 4) is 42.0 Å². The molecule has 7 aromatic carbocycles. The molecule has 0 bridgehead atoms. The number of thiophene rings is 2. The summed E-state index contributed by atoms with van der Waals surface area (Å²) in [7, 11) is 0. The van der Waals surface area contributed by atoms with E-state index in [0.29, 0.717) is 16.7 Å². The van der Waals surface area contributed by atoms with Gasteiger partial charge in [0.05, 0.1) is 26.4 Å². The SMILES string of the molecule is O=C(O)c1ccc2nc(-c3ccc(-c4ccc(N(c5ccccc5)c5ccccc5)cc4)s3)c(-c3ccc(-c4ccc(N(c5ccccc5)c5ccccc5)cc4)s3)nc2c1. The van der Waals surface area contributed by atoms with Gasteiger partial charge in [-0.25, -0.2) is 14.8 Å². The summed E-state index contributed by atoms with van der Waals surface area (Å²) < 4.78 is 0. The maximum Gasteiger partial charge on any atom is 0.335 e. The molecule has 0 amide bonds. The standard InChI is InChI=1S/C53H36N4O2S2/c58-53(59)38-25-30-45-46(35-38)55-52(50-34-32-48(61-50)37-23-28-44(29-24-37)57(41-17-9-3-10-18-41)42-19-11-4-12-20-42)51(54-45)49-33-31-47(60-49)36-21-26-43(27-22-36)56(39-13-5-1-6-14-39)40-15-7-2-8-16-40/h1-35H,(H,58,59). The molecule has 8 heteroatoms. The molecule has 0 aliphatic heterocycles. The zero-order valence-corrected chi connectivity index (χ0v) is 34.3. The van der Waals surface area contributed by atoms with Gasteiger partial charge in [0, 0.05) is 43.9 Å². The van der Waals surface area contributed by atoms with Gasteiger partial charge in [0.1, 0.15) is 11.4 Å². The average molecular weight is 825 g/mol. The summed E-state index contributed by atoms with van der Waals surface area (Å²) in [5.41, 5.74) is 11.5. The van der Waals surface area contributed by atoms with Crippen molar-refractivity contribution in [3.05, 3.63) is 218 Å². The van der Waals surface area contributed by atoms with Gasteiger partial charge in [-0.15, -0.1) is 22.7 Å². The van der Waals surface area contributed by atoms with Crippen LogP contribution in [0.25, 0.3) is 53.1 Å². The number of rotatable bonds is 11. The summed E-state index contributed by atoms with van der Waals surface area (Å²) in [6.07, 6.45) is 0. The van der Waals surface area contributed by atoms with Crippen LogP contribution in [-0.4, -0.2) is 21.0 Å². The van der Waals surface area contributed by atoms with Gasteiger partial charge in [-0.2, -0.15) is 0 Å². The van der Waals surface area contributed by atoms with Crippen LogP contribution in [0.4, 0.5) is 34.1 Å². The quantitative estimate of drug-likeness (QED) is 0.140. The lowest BCUT2D eigenvalue weighted by molar-refractivity contribution is 0.0697. The minimum absolute atomic E-state index is 0.174. The van der Waals surface area contributed by atoms with Crippen LogP contribution in [0.5, 0.6) is 0 Å². The smallest absolute Gasteiger partial charge is 0.335 e. The van der Waals surface area contributed by atoms with E-state index in [4.69, 9.17) is 9.97 Å². The second-order valence-corrected chi connectivity index (χ2v) is 16.5. The Morgan fingerprint density at radius 3 is 1.10 bits per heavy atom. The van der Waals surface area contributed by atoms with E-state index < -0.39 is 5.97 Å². The lowest BCUT2D eigenvalue weighted by Gasteiger charge is -2.25. The number of anilines is 6. The highest BCUT2D eigenvalue weighted by molar-refractivity contribution is 7.19. The van der Waals surface area contributed by atoms with Crippen LogP contribution in [0.1, 0.15) is 10.4 Å². The van der Waals surface area contributed by atoms with E-state index in [9.17, 15) is 9.90 Å². The number of hydrogen-bond acceptors (Lipinski definition) is 7. The molecule has 0 spiro atoms. The third-order valence-electron chi connectivity index (χ3n) is 10.5. The van der Waals surface area contributed by atoms with Crippen molar-refractivity contribution < 1.29 is 9.90 Å². The van der Waals surface area contributed by atoms with Gasteiger partial charge in [-0.1, -0.05) is 97.1 Å². The number of aromatic nitrogens is 2. The van der Waals surface area contributed by atoms with Gasteiger partial charge in [-0.3, -0.25) is 0 Å². The van der Waals surface area contributed by atoms with Crippen molar-refractivity contribution in [2.24, 2.45) is 0 Å². The first-order valence-corrected chi connectivity index (χ1v) is 21.5. The average Bonchev–Trinajstić information content (AvgIpc) is 4.02. The van der Waals surface area contributed by atoms with Crippen molar-refractivity contribution in [2.45, 2.75) is 0 Å². The molecule has 0 saturated heterocycles. The topological polar surface area (TPSA) is 69.6 Å². The fourth-order valence-electron chi connectivity index (χ4n) is 7.52. The van der Waals surface area contributed by atoms with E-state index in [1.54, 1.807) is 40.9 Å².